The normalized spacial score (nSPS) is 11.3. The second-order valence-electron chi connectivity index (χ2n) is 5.58. The first-order valence-electron chi connectivity index (χ1n) is 6.54. The van der Waals surface area contributed by atoms with Gasteiger partial charge in [-0.25, -0.2) is 4.98 Å². The fraction of sp³-hybridized carbons (Fsp3) is 0.267. The fourth-order valence-corrected chi connectivity index (χ4v) is 2.25. The monoisotopic (exact) mass is 286 g/mol. The van der Waals surface area contributed by atoms with Crippen LogP contribution in [0.1, 0.15) is 30.6 Å². The van der Waals surface area contributed by atoms with Crippen molar-refractivity contribution in [2.75, 3.05) is 5.73 Å². The number of nitrogens with zero attached hydrogens (tertiary/aromatic N) is 1. The molecule has 0 spiro atoms. The van der Waals surface area contributed by atoms with Gasteiger partial charge in [0.05, 0.1) is 5.56 Å². The third-order valence-electron chi connectivity index (χ3n) is 3.14. The quantitative estimate of drug-likeness (QED) is 0.784. The fourth-order valence-electron chi connectivity index (χ4n) is 2.25. The van der Waals surface area contributed by atoms with Gasteiger partial charge in [-0.1, -0.05) is 24.3 Å². The molecule has 2 amide bonds. The number of nitrogens with one attached hydrogen (secondary N) is 1. The summed E-state index contributed by atoms with van der Waals surface area (Å²) in [5, 5.41) is 4.23. The van der Waals surface area contributed by atoms with E-state index in [-0.39, 0.29) is 12.3 Å². The number of primary amides is 1. The minimum Gasteiger partial charge on any atom is -0.383 e. The summed E-state index contributed by atoms with van der Waals surface area (Å²) in [6.07, 6.45) is 1.49. The van der Waals surface area contributed by atoms with Crippen LogP contribution in [0.4, 0.5) is 5.82 Å². The molecule has 0 saturated carbocycles. The minimum absolute atomic E-state index is 0.0546. The molecule has 2 aromatic rings. The highest BCUT2D eigenvalue weighted by atomic mass is 16.2. The Kier molecular flexibility index (Phi) is 3.80. The molecule has 6 heteroatoms. The second-order valence-corrected chi connectivity index (χ2v) is 5.58. The van der Waals surface area contributed by atoms with Crippen molar-refractivity contribution in [1.82, 2.24) is 10.3 Å². The van der Waals surface area contributed by atoms with Crippen LogP contribution < -0.4 is 16.8 Å². The lowest BCUT2D eigenvalue weighted by Gasteiger charge is -2.25. The van der Waals surface area contributed by atoms with Gasteiger partial charge in [-0.05, 0) is 19.2 Å². The van der Waals surface area contributed by atoms with Crippen molar-refractivity contribution in [2.24, 2.45) is 5.73 Å². The summed E-state index contributed by atoms with van der Waals surface area (Å²) in [4.78, 5) is 27.5. The number of pyridine rings is 1. The largest absolute Gasteiger partial charge is 0.383 e. The Labute approximate surface area is 122 Å². The summed E-state index contributed by atoms with van der Waals surface area (Å²) in [5.41, 5.74) is 10.7. The topological polar surface area (TPSA) is 111 Å². The maximum Gasteiger partial charge on any atom is 0.253 e. The SMILES string of the molecule is CC(C)(CC(N)=O)NC(=O)c1cnc(N)c2ccccc12. The van der Waals surface area contributed by atoms with E-state index in [0.717, 1.165) is 10.8 Å². The third kappa shape index (κ3) is 3.28. The third-order valence-corrected chi connectivity index (χ3v) is 3.14. The predicted molar refractivity (Wildman–Crippen MR) is 81.5 cm³/mol. The van der Waals surface area contributed by atoms with Crippen LogP contribution in [0.2, 0.25) is 0 Å². The Morgan fingerprint density at radius 2 is 1.86 bits per heavy atom. The number of anilines is 1. The summed E-state index contributed by atoms with van der Waals surface area (Å²) in [7, 11) is 0. The molecule has 0 bridgehead atoms. The van der Waals surface area contributed by atoms with E-state index in [0.29, 0.717) is 11.4 Å². The molecular weight excluding hydrogens is 268 g/mol. The van der Waals surface area contributed by atoms with Crippen LogP contribution in [-0.4, -0.2) is 22.3 Å². The molecule has 0 aliphatic rings. The zero-order valence-electron chi connectivity index (χ0n) is 12.0. The van der Waals surface area contributed by atoms with E-state index in [2.05, 4.69) is 10.3 Å². The first-order valence-corrected chi connectivity index (χ1v) is 6.54. The molecular formula is C15H18N4O2. The van der Waals surface area contributed by atoms with Crippen LogP contribution in [0.3, 0.4) is 0 Å². The smallest absolute Gasteiger partial charge is 0.253 e. The van der Waals surface area contributed by atoms with E-state index in [9.17, 15) is 9.59 Å². The van der Waals surface area contributed by atoms with Gasteiger partial charge in [0.2, 0.25) is 5.91 Å². The molecule has 1 aromatic carbocycles. The van der Waals surface area contributed by atoms with Crippen LogP contribution in [0.25, 0.3) is 10.8 Å². The minimum atomic E-state index is -0.731. The van der Waals surface area contributed by atoms with Gasteiger partial charge in [-0.2, -0.15) is 0 Å². The van der Waals surface area contributed by atoms with Crippen molar-refractivity contribution in [3.05, 3.63) is 36.0 Å². The van der Waals surface area contributed by atoms with Crippen LogP contribution in [-0.2, 0) is 4.79 Å². The standard InChI is InChI=1S/C15H18N4O2/c1-15(2,7-12(16)20)19-14(21)11-8-18-13(17)10-6-4-3-5-9(10)11/h3-6,8H,7H2,1-2H3,(H2,16,20)(H2,17,18)(H,19,21). The molecule has 1 heterocycles. The van der Waals surface area contributed by atoms with Gasteiger partial charge < -0.3 is 16.8 Å². The van der Waals surface area contributed by atoms with E-state index < -0.39 is 11.4 Å². The van der Waals surface area contributed by atoms with Crippen LogP contribution in [0.15, 0.2) is 30.5 Å². The molecule has 0 radical (unpaired) electrons. The summed E-state index contributed by atoms with van der Waals surface area (Å²) in [6, 6.07) is 7.28. The van der Waals surface area contributed by atoms with Gasteiger partial charge in [-0.3, -0.25) is 9.59 Å². The molecule has 0 saturated heterocycles. The number of rotatable bonds is 4. The lowest BCUT2D eigenvalue weighted by molar-refractivity contribution is -0.119. The molecule has 1 aromatic heterocycles. The first kappa shape index (κ1) is 14.8. The molecule has 0 atom stereocenters. The van der Waals surface area contributed by atoms with Crippen LogP contribution in [0.5, 0.6) is 0 Å². The summed E-state index contributed by atoms with van der Waals surface area (Å²) in [6.45, 7) is 3.48. The second kappa shape index (κ2) is 5.40. The molecule has 110 valence electrons. The number of fused-ring (bicyclic) bond motifs is 1. The number of carbonyl (C=O) groups is 2. The lowest BCUT2D eigenvalue weighted by Crippen LogP contribution is -2.46. The number of aromatic nitrogens is 1. The zero-order valence-corrected chi connectivity index (χ0v) is 12.0. The van der Waals surface area contributed by atoms with Gasteiger partial charge >= 0.3 is 0 Å². The number of nitrogen functional groups attached to an aromatic ring is 1. The molecule has 0 unspecified atom stereocenters. The molecule has 0 aliphatic carbocycles. The van der Waals surface area contributed by atoms with Crippen LogP contribution in [0, 0.1) is 0 Å². The summed E-state index contributed by atoms with van der Waals surface area (Å²) < 4.78 is 0. The molecule has 2 rings (SSSR count). The number of amides is 2. The van der Waals surface area contributed by atoms with Gasteiger partial charge in [0, 0.05) is 23.5 Å². The van der Waals surface area contributed by atoms with Gasteiger partial charge in [0.1, 0.15) is 5.82 Å². The Morgan fingerprint density at radius 3 is 2.48 bits per heavy atom. The van der Waals surface area contributed by atoms with Gasteiger partial charge in [-0.15, -0.1) is 0 Å². The number of carbonyl (C=O) groups excluding carboxylic acids is 2. The summed E-state index contributed by atoms with van der Waals surface area (Å²) in [5.74, 6) is -0.413. The van der Waals surface area contributed by atoms with Gasteiger partial charge in [0.15, 0.2) is 0 Å². The average molecular weight is 286 g/mol. The molecule has 0 fully saturated rings. The van der Waals surface area contributed by atoms with Gasteiger partial charge in [0.25, 0.3) is 5.91 Å². The van der Waals surface area contributed by atoms with Crippen molar-refractivity contribution >= 4 is 28.4 Å². The van der Waals surface area contributed by atoms with Crippen molar-refractivity contribution < 1.29 is 9.59 Å². The van der Waals surface area contributed by atoms with Crippen molar-refractivity contribution in [2.45, 2.75) is 25.8 Å². The van der Waals surface area contributed by atoms with E-state index in [4.69, 9.17) is 11.5 Å². The zero-order chi connectivity index (χ0) is 15.6. The Bertz CT molecular complexity index is 710. The lowest BCUT2D eigenvalue weighted by atomic mass is 9.99. The number of hydrogen-bond acceptors (Lipinski definition) is 4. The summed E-state index contributed by atoms with van der Waals surface area (Å²) >= 11 is 0. The molecule has 6 nitrogen and oxygen atoms in total. The highest BCUT2D eigenvalue weighted by molar-refractivity contribution is 6.09. The highest BCUT2D eigenvalue weighted by Crippen LogP contribution is 2.23. The van der Waals surface area contributed by atoms with E-state index >= 15 is 0 Å². The number of hydrogen-bond donors (Lipinski definition) is 3. The Hall–Kier alpha value is -2.63. The van der Waals surface area contributed by atoms with E-state index in [1.807, 2.05) is 24.3 Å². The van der Waals surface area contributed by atoms with Crippen LogP contribution >= 0.6 is 0 Å². The first-order chi connectivity index (χ1) is 9.80. The van der Waals surface area contributed by atoms with Crippen molar-refractivity contribution in [1.29, 1.82) is 0 Å². The maximum atomic E-state index is 12.4. The average Bonchev–Trinajstić information content (AvgIpc) is 2.37. The highest BCUT2D eigenvalue weighted by Gasteiger charge is 2.24. The molecule has 0 aliphatic heterocycles. The molecule has 5 N–H and O–H groups in total. The van der Waals surface area contributed by atoms with Crippen molar-refractivity contribution in [3.8, 4) is 0 Å². The number of nitrogens with two attached hydrogens (primary N) is 2. The maximum absolute atomic E-state index is 12.4. The Morgan fingerprint density at radius 1 is 1.24 bits per heavy atom. The Balaban J connectivity index is 2.37. The van der Waals surface area contributed by atoms with Crippen molar-refractivity contribution in [3.63, 3.8) is 0 Å². The van der Waals surface area contributed by atoms with E-state index in [1.165, 1.54) is 6.20 Å². The number of benzene rings is 1. The predicted octanol–water partition coefficient (Wildman–Crippen LogP) is 1.20. The van der Waals surface area contributed by atoms with E-state index in [1.54, 1.807) is 13.8 Å². The molecule has 21 heavy (non-hydrogen) atoms.